The van der Waals surface area contributed by atoms with Gasteiger partial charge in [0.1, 0.15) is 18.3 Å². The molecule has 23 heavy (non-hydrogen) atoms. The van der Waals surface area contributed by atoms with Crippen molar-refractivity contribution in [2.24, 2.45) is 5.73 Å². The molecule has 0 spiro atoms. The number of halogens is 1. The van der Waals surface area contributed by atoms with Crippen LogP contribution in [0.3, 0.4) is 0 Å². The number of aliphatic hydroxyl groups is 2. The lowest BCUT2D eigenvalue weighted by molar-refractivity contribution is -0.289. The Labute approximate surface area is 152 Å². The van der Waals surface area contributed by atoms with Crippen molar-refractivity contribution in [1.29, 1.82) is 0 Å². The summed E-state index contributed by atoms with van der Waals surface area (Å²) in [7, 11) is 0. The average Bonchev–Trinajstić information content (AvgIpc) is 2.66. The van der Waals surface area contributed by atoms with Gasteiger partial charge in [-0.1, -0.05) is 0 Å². The number of fused-ring (bicyclic) bond motifs is 6. The standard InChI is InChI=1S/C14H27NO5S2.ClH/c15-3-8-21-6-2-7-22-9-10-13-11(16)12(17)14(20-10)19-5-1-4-18-13;/h10-14,16-17H,1-9,15H2;1H. The summed E-state index contributed by atoms with van der Waals surface area (Å²) >= 11 is 3.66. The first-order valence-corrected chi connectivity index (χ1v) is 10.2. The van der Waals surface area contributed by atoms with E-state index in [4.69, 9.17) is 19.9 Å². The zero-order valence-corrected chi connectivity index (χ0v) is 15.6. The molecule has 4 N–H and O–H groups in total. The van der Waals surface area contributed by atoms with Gasteiger partial charge in [0.25, 0.3) is 0 Å². The van der Waals surface area contributed by atoms with Crippen LogP contribution in [0.15, 0.2) is 0 Å². The monoisotopic (exact) mass is 389 g/mol. The van der Waals surface area contributed by atoms with Gasteiger partial charge >= 0.3 is 0 Å². The summed E-state index contributed by atoms with van der Waals surface area (Å²) in [5.41, 5.74) is 5.45. The van der Waals surface area contributed by atoms with Gasteiger partial charge in [0.15, 0.2) is 6.29 Å². The van der Waals surface area contributed by atoms with Gasteiger partial charge in [0.05, 0.1) is 12.7 Å². The minimum atomic E-state index is -1.04. The molecule has 3 aliphatic heterocycles. The number of thioether (sulfide) groups is 2. The van der Waals surface area contributed by atoms with Crippen molar-refractivity contribution >= 4 is 35.9 Å². The summed E-state index contributed by atoms with van der Waals surface area (Å²) in [6.45, 7) is 1.72. The van der Waals surface area contributed by atoms with Crippen molar-refractivity contribution in [3.05, 3.63) is 0 Å². The zero-order valence-electron chi connectivity index (χ0n) is 13.2. The van der Waals surface area contributed by atoms with Crippen LogP contribution in [-0.2, 0) is 14.2 Å². The molecule has 0 radical (unpaired) electrons. The summed E-state index contributed by atoms with van der Waals surface area (Å²) in [5, 5.41) is 20.2. The number of hydrogen-bond donors (Lipinski definition) is 3. The Hall–Kier alpha value is 0.750. The third-order valence-corrected chi connectivity index (χ3v) is 5.89. The molecule has 3 heterocycles. The van der Waals surface area contributed by atoms with E-state index >= 15 is 0 Å². The molecule has 2 bridgehead atoms. The molecule has 3 fully saturated rings. The van der Waals surface area contributed by atoms with Crippen molar-refractivity contribution in [2.45, 2.75) is 43.5 Å². The van der Waals surface area contributed by atoms with E-state index in [-0.39, 0.29) is 18.5 Å². The van der Waals surface area contributed by atoms with Gasteiger partial charge < -0.3 is 30.2 Å². The second-order valence-corrected chi connectivity index (χ2v) is 7.79. The first-order chi connectivity index (χ1) is 10.7. The molecule has 138 valence electrons. The average molecular weight is 390 g/mol. The molecule has 9 heteroatoms. The number of nitrogens with two attached hydrogens (primary N) is 1. The van der Waals surface area contributed by atoms with Crippen LogP contribution < -0.4 is 5.73 Å². The number of rotatable bonds is 8. The van der Waals surface area contributed by atoms with Crippen LogP contribution in [0.1, 0.15) is 12.8 Å². The van der Waals surface area contributed by atoms with E-state index in [1.54, 1.807) is 11.8 Å². The SMILES string of the molecule is Cl.NCCSCCCSCC1OC2OCCCOC1C(O)C2O. The van der Waals surface area contributed by atoms with E-state index in [0.717, 1.165) is 42.4 Å². The molecule has 0 saturated carbocycles. The highest BCUT2D eigenvalue weighted by atomic mass is 35.5. The smallest absolute Gasteiger partial charge is 0.186 e. The highest BCUT2D eigenvalue weighted by Crippen LogP contribution is 2.28. The summed E-state index contributed by atoms with van der Waals surface area (Å²) in [4.78, 5) is 0. The van der Waals surface area contributed by atoms with Gasteiger partial charge in [0.2, 0.25) is 0 Å². The summed E-state index contributed by atoms with van der Waals surface area (Å²) < 4.78 is 17.0. The van der Waals surface area contributed by atoms with E-state index in [2.05, 4.69) is 0 Å². The van der Waals surface area contributed by atoms with Crippen molar-refractivity contribution in [3.8, 4) is 0 Å². The Balaban J connectivity index is 0.00000264. The topological polar surface area (TPSA) is 94.2 Å². The maximum absolute atomic E-state index is 10.2. The third-order valence-electron chi connectivity index (χ3n) is 3.64. The van der Waals surface area contributed by atoms with E-state index < -0.39 is 24.6 Å². The first-order valence-electron chi connectivity index (χ1n) is 7.84. The van der Waals surface area contributed by atoms with Gasteiger partial charge in [-0.3, -0.25) is 0 Å². The fourth-order valence-corrected chi connectivity index (χ4v) is 4.43. The number of ether oxygens (including phenoxy) is 3. The Morgan fingerprint density at radius 3 is 2.52 bits per heavy atom. The van der Waals surface area contributed by atoms with Crippen LogP contribution in [0.5, 0.6) is 0 Å². The zero-order chi connectivity index (χ0) is 15.8. The lowest BCUT2D eigenvalue weighted by atomic mass is 10.00. The third kappa shape index (κ3) is 6.87. The molecular formula is C14H28ClNO5S2. The Morgan fingerprint density at radius 1 is 1.00 bits per heavy atom. The predicted octanol–water partition coefficient (Wildman–Crippen LogP) is 0.476. The molecule has 0 aliphatic carbocycles. The van der Waals surface area contributed by atoms with E-state index in [1.165, 1.54) is 0 Å². The summed E-state index contributed by atoms with van der Waals surface area (Å²) in [5.74, 6) is 3.89. The molecule has 0 aromatic rings. The molecular weight excluding hydrogens is 362 g/mol. The number of hydrogen-bond acceptors (Lipinski definition) is 8. The van der Waals surface area contributed by atoms with Crippen LogP contribution in [0.4, 0.5) is 0 Å². The largest absolute Gasteiger partial charge is 0.387 e. The normalized spacial score (nSPS) is 34.3. The molecule has 3 saturated heterocycles. The van der Waals surface area contributed by atoms with Crippen molar-refractivity contribution in [2.75, 3.05) is 42.8 Å². The number of aliphatic hydroxyl groups excluding tert-OH is 2. The quantitative estimate of drug-likeness (QED) is 0.516. The van der Waals surface area contributed by atoms with E-state index in [1.807, 2.05) is 11.8 Å². The van der Waals surface area contributed by atoms with Crippen molar-refractivity contribution in [1.82, 2.24) is 0 Å². The lowest BCUT2D eigenvalue weighted by Gasteiger charge is -2.41. The van der Waals surface area contributed by atoms with Crippen LogP contribution in [-0.4, -0.2) is 83.7 Å². The highest BCUT2D eigenvalue weighted by Gasteiger charge is 2.46. The Morgan fingerprint density at radius 2 is 1.74 bits per heavy atom. The van der Waals surface area contributed by atoms with E-state index in [9.17, 15) is 10.2 Å². The second kappa shape index (κ2) is 12.2. The molecule has 5 atom stereocenters. The molecule has 5 unspecified atom stereocenters. The van der Waals surface area contributed by atoms with Gasteiger partial charge in [0, 0.05) is 24.7 Å². The summed E-state index contributed by atoms with van der Waals surface area (Å²) in [6.07, 6.45) is -1.61. The maximum atomic E-state index is 10.2. The van der Waals surface area contributed by atoms with Gasteiger partial charge in [-0.15, -0.1) is 12.4 Å². The second-order valence-electron chi connectivity index (χ2n) is 5.41. The summed E-state index contributed by atoms with van der Waals surface area (Å²) in [6, 6.07) is 0. The van der Waals surface area contributed by atoms with Crippen LogP contribution in [0.25, 0.3) is 0 Å². The van der Waals surface area contributed by atoms with Gasteiger partial charge in [-0.05, 0) is 24.3 Å². The van der Waals surface area contributed by atoms with Crippen LogP contribution in [0.2, 0.25) is 0 Å². The molecule has 3 rings (SSSR count). The van der Waals surface area contributed by atoms with Crippen molar-refractivity contribution < 1.29 is 24.4 Å². The van der Waals surface area contributed by atoms with Crippen LogP contribution in [0, 0.1) is 0 Å². The van der Waals surface area contributed by atoms with Crippen molar-refractivity contribution in [3.63, 3.8) is 0 Å². The predicted molar refractivity (Wildman–Crippen MR) is 96.6 cm³/mol. The van der Waals surface area contributed by atoms with E-state index in [0.29, 0.717) is 13.2 Å². The highest BCUT2D eigenvalue weighted by molar-refractivity contribution is 8.00. The Kier molecular flexibility index (Phi) is 11.5. The van der Waals surface area contributed by atoms with Crippen LogP contribution >= 0.6 is 35.9 Å². The Bertz CT molecular complexity index is 317. The van der Waals surface area contributed by atoms with Gasteiger partial charge in [-0.25, -0.2) is 0 Å². The maximum Gasteiger partial charge on any atom is 0.186 e. The minimum absolute atomic E-state index is 0. The molecule has 3 aliphatic rings. The fourth-order valence-electron chi connectivity index (χ4n) is 2.51. The molecule has 6 nitrogen and oxygen atoms in total. The molecule has 0 amide bonds. The van der Waals surface area contributed by atoms with Gasteiger partial charge in [-0.2, -0.15) is 23.5 Å². The molecule has 0 aromatic carbocycles. The lowest BCUT2D eigenvalue weighted by Crippen LogP contribution is -2.59. The molecule has 0 aromatic heterocycles. The first kappa shape index (κ1) is 21.8. The minimum Gasteiger partial charge on any atom is -0.387 e. The fraction of sp³-hybridized carbons (Fsp3) is 1.00.